The summed E-state index contributed by atoms with van der Waals surface area (Å²) >= 11 is 0. The van der Waals surface area contributed by atoms with E-state index in [4.69, 9.17) is 5.73 Å². The van der Waals surface area contributed by atoms with E-state index in [0.717, 1.165) is 24.1 Å². The first kappa shape index (κ1) is 13.4. The average Bonchev–Trinajstić information content (AvgIpc) is 2.45. The van der Waals surface area contributed by atoms with Gasteiger partial charge in [-0.05, 0) is 48.1 Å². The first-order valence-corrected chi connectivity index (χ1v) is 6.80. The number of rotatable bonds is 4. The van der Waals surface area contributed by atoms with Gasteiger partial charge in [-0.3, -0.25) is 0 Å². The fraction of sp³-hybridized carbons (Fsp3) is 0.222. The van der Waals surface area contributed by atoms with Crippen molar-refractivity contribution in [2.45, 2.75) is 26.7 Å². The van der Waals surface area contributed by atoms with Crippen molar-refractivity contribution < 1.29 is 0 Å². The summed E-state index contributed by atoms with van der Waals surface area (Å²) in [6.45, 7) is 4.32. The number of hydrogen-bond acceptors (Lipinski definition) is 1. The molecule has 0 aliphatic heterocycles. The maximum Gasteiger partial charge on any atom is 0.0390 e. The molecule has 0 unspecified atom stereocenters. The molecule has 0 atom stereocenters. The number of anilines is 1. The zero-order valence-electron chi connectivity index (χ0n) is 11.7. The van der Waals surface area contributed by atoms with Crippen LogP contribution in [0.3, 0.4) is 0 Å². The molecule has 0 bridgehead atoms. The predicted molar refractivity (Wildman–Crippen MR) is 84.0 cm³/mol. The highest BCUT2D eigenvalue weighted by atomic mass is 14.6. The maximum absolute atomic E-state index is 6.01. The third-order valence-corrected chi connectivity index (χ3v) is 3.51. The summed E-state index contributed by atoms with van der Waals surface area (Å²) in [6, 6.07) is 16.6. The summed E-state index contributed by atoms with van der Waals surface area (Å²) in [5, 5.41) is 0. The van der Waals surface area contributed by atoms with E-state index in [1.807, 2.05) is 18.2 Å². The predicted octanol–water partition coefficient (Wildman–Crippen LogP) is 4.48. The highest BCUT2D eigenvalue weighted by molar-refractivity contribution is 5.73. The third-order valence-electron chi connectivity index (χ3n) is 3.51. The number of allylic oxidation sites excluding steroid dienone is 2. The molecular formula is C18H21N. The van der Waals surface area contributed by atoms with Crippen LogP contribution in [0.25, 0.3) is 5.57 Å². The number of benzene rings is 2. The molecule has 0 radical (unpaired) electrons. The first-order chi connectivity index (χ1) is 9.22. The number of nitrogens with two attached hydrogens (primary N) is 1. The minimum absolute atomic E-state index is 0.847. The van der Waals surface area contributed by atoms with Crippen molar-refractivity contribution in [2.75, 3.05) is 5.73 Å². The second-order valence-corrected chi connectivity index (χ2v) is 4.80. The maximum atomic E-state index is 6.01. The largest absolute Gasteiger partial charge is 0.398 e. The monoisotopic (exact) mass is 251 g/mol. The van der Waals surface area contributed by atoms with Crippen molar-refractivity contribution in [1.82, 2.24) is 0 Å². The van der Waals surface area contributed by atoms with Gasteiger partial charge in [0.1, 0.15) is 0 Å². The molecule has 0 fully saturated rings. The van der Waals surface area contributed by atoms with Gasteiger partial charge in [-0.1, -0.05) is 55.5 Å². The van der Waals surface area contributed by atoms with Crippen molar-refractivity contribution in [3.05, 3.63) is 71.3 Å². The highest BCUT2D eigenvalue weighted by Gasteiger charge is 2.01. The van der Waals surface area contributed by atoms with Crippen LogP contribution in [0.4, 0.5) is 5.69 Å². The van der Waals surface area contributed by atoms with E-state index >= 15 is 0 Å². The summed E-state index contributed by atoms with van der Waals surface area (Å²) < 4.78 is 0. The van der Waals surface area contributed by atoms with Gasteiger partial charge in [-0.15, -0.1) is 0 Å². The molecule has 1 heteroatoms. The van der Waals surface area contributed by atoms with Crippen LogP contribution in [-0.2, 0) is 12.8 Å². The molecule has 0 aliphatic carbocycles. The molecule has 19 heavy (non-hydrogen) atoms. The molecule has 98 valence electrons. The van der Waals surface area contributed by atoms with E-state index in [0.29, 0.717) is 0 Å². The molecule has 0 saturated carbocycles. The molecule has 0 amide bonds. The van der Waals surface area contributed by atoms with Crippen LogP contribution < -0.4 is 5.73 Å². The molecule has 0 saturated heterocycles. The molecule has 0 aliphatic rings. The van der Waals surface area contributed by atoms with Gasteiger partial charge in [0.2, 0.25) is 0 Å². The van der Waals surface area contributed by atoms with E-state index < -0.39 is 0 Å². The van der Waals surface area contributed by atoms with Gasteiger partial charge in [-0.25, -0.2) is 0 Å². The van der Waals surface area contributed by atoms with Crippen LogP contribution in [0.1, 0.15) is 30.5 Å². The molecule has 2 aromatic carbocycles. The van der Waals surface area contributed by atoms with Gasteiger partial charge in [0.05, 0.1) is 0 Å². The minimum Gasteiger partial charge on any atom is -0.398 e. The van der Waals surface area contributed by atoms with Crippen LogP contribution >= 0.6 is 0 Å². The smallest absolute Gasteiger partial charge is 0.0390 e. The van der Waals surface area contributed by atoms with Gasteiger partial charge >= 0.3 is 0 Å². The molecule has 0 spiro atoms. The summed E-state index contributed by atoms with van der Waals surface area (Å²) in [6.07, 6.45) is 4.31. The van der Waals surface area contributed by atoms with E-state index in [1.165, 1.54) is 16.7 Å². The van der Waals surface area contributed by atoms with Gasteiger partial charge in [-0.2, -0.15) is 0 Å². The molecule has 1 nitrogen and oxygen atoms in total. The SMILES string of the molecule is CCc1ccccc1C/C=C(\C)c1ccccc1N. The Bertz CT molecular complexity index is 582. The fourth-order valence-electron chi connectivity index (χ4n) is 2.33. The molecule has 2 N–H and O–H groups in total. The van der Waals surface area contributed by atoms with Crippen molar-refractivity contribution >= 4 is 11.3 Å². The zero-order chi connectivity index (χ0) is 13.7. The Morgan fingerprint density at radius 1 is 1.00 bits per heavy atom. The van der Waals surface area contributed by atoms with Crippen LogP contribution in [-0.4, -0.2) is 0 Å². The quantitative estimate of drug-likeness (QED) is 0.797. The Hall–Kier alpha value is -2.02. The molecular weight excluding hydrogens is 230 g/mol. The van der Waals surface area contributed by atoms with Crippen LogP contribution in [0.15, 0.2) is 54.6 Å². The Labute approximate surface area is 115 Å². The number of nitrogen functional groups attached to an aromatic ring is 1. The van der Waals surface area contributed by atoms with Crippen molar-refractivity contribution in [3.63, 3.8) is 0 Å². The Morgan fingerprint density at radius 2 is 1.63 bits per heavy atom. The van der Waals surface area contributed by atoms with Gasteiger partial charge < -0.3 is 5.73 Å². The lowest BCUT2D eigenvalue weighted by molar-refractivity contribution is 1.08. The second kappa shape index (κ2) is 6.24. The van der Waals surface area contributed by atoms with Gasteiger partial charge in [0.25, 0.3) is 0 Å². The number of para-hydroxylation sites is 1. The summed E-state index contributed by atoms with van der Waals surface area (Å²) in [4.78, 5) is 0. The minimum atomic E-state index is 0.847. The number of aryl methyl sites for hydroxylation is 1. The average molecular weight is 251 g/mol. The zero-order valence-corrected chi connectivity index (χ0v) is 11.7. The molecule has 0 aromatic heterocycles. The summed E-state index contributed by atoms with van der Waals surface area (Å²) in [5.41, 5.74) is 12.1. The normalized spacial score (nSPS) is 11.6. The van der Waals surface area contributed by atoms with Crippen molar-refractivity contribution in [3.8, 4) is 0 Å². The Balaban J connectivity index is 2.21. The van der Waals surface area contributed by atoms with Crippen molar-refractivity contribution in [1.29, 1.82) is 0 Å². The lowest BCUT2D eigenvalue weighted by Crippen LogP contribution is -1.93. The molecule has 2 rings (SSSR count). The second-order valence-electron chi connectivity index (χ2n) is 4.80. The lowest BCUT2D eigenvalue weighted by Gasteiger charge is -2.08. The van der Waals surface area contributed by atoms with Gasteiger partial charge in [0.15, 0.2) is 0 Å². The van der Waals surface area contributed by atoms with Crippen LogP contribution in [0, 0.1) is 0 Å². The van der Waals surface area contributed by atoms with Crippen molar-refractivity contribution in [2.24, 2.45) is 0 Å². The third kappa shape index (κ3) is 3.25. The number of hydrogen-bond donors (Lipinski definition) is 1. The lowest BCUT2D eigenvalue weighted by atomic mass is 9.99. The van der Waals surface area contributed by atoms with Gasteiger partial charge in [0, 0.05) is 5.69 Å². The van der Waals surface area contributed by atoms with E-state index in [9.17, 15) is 0 Å². The Kier molecular flexibility index (Phi) is 4.40. The molecule has 0 heterocycles. The van der Waals surface area contributed by atoms with Crippen LogP contribution in [0.2, 0.25) is 0 Å². The first-order valence-electron chi connectivity index (χ1n) is 6.80. The Morgan fingerprint density at radius 3 is 2.32 bits per heavy atom. The fourth-order valence-corrected chi connectivity index (χ4v) is 2.33. The van der Waals surface area contributed by atoms with E-state index in [1.54, 1.807) is 0 Å². The standard InChI is InChI=1S/C18H21N/c1-3-15-8-4-5-9-16(15)13-12-14(2)17-10-6-7-11-18(17)19/h4-12H,3,13,19H2,1-2H3/b14-12+. The highest BCUT2D eigenvalue weighted by Crippen LogP contribution is 2.21. The van der Waals surface area contributed by atoms with Crippen LogP contribution in [0.5, 0.6) is 0 Å². The van der Waals surface area contributed by atoms with E-state index in [-0.39, 0.29) is 0 Å². The van der Waals surface area contributed by atoms with E-state index in [2.05, 4.69) is 50.3 Å². The molecule has 2 aromatic rings. The summed E-state index contributed by atoms with van der Waals surface area (Å²) in [7, 11) is 0. The topological polar surface area (TPSA) is 26.0 Å². The summed E-state index contributed by atoms with van der Waals surface area (Å²) in [5.74, 6) is 0.